The van der Waals surface area contributed by atoms with E-state index in [4.69, 9.17) is 11.6 Å². The summed E-state index contributed by atoms with van der Waals surface area (Å²) in [5, 5.41) is 12.8. The van der Waals surface area contributed by atoms with Crippen LogP contribution >= 0.6 is 11.6 Å². The zero-order chi connectivity index (χ0) is 13.8. The van der Waals surface area contributed by atoms with Gasteiger partial charge < -0.3 is 10.4 Å². The first-order chi connectivity index (χ1) is 9.08. The second kappa shape index (κ2) is 5.71. The normalized spacial score (nSPS) is 10.2. The number of halogens is 1. The summed E-state index contributed by atoms with van der Waals surface area (Å²) in [6.07, 6.45) is 3.41. The quantitative estimate of drug-likeness (QED) is 0.906. The van der Waals surface area contributed by atoms with Gasteiger partial charge in [0.2, 0.25) is 0 Å². The van der Waals surface area contributed by atoms with Crippen LogP contribution in [0.5, 0.6) is 5.75 Å². The average Bonchev–Trinajstić information content (AvgIpc) is 2.37. The van der Waals surface area contributed by atoms with Gasteiger partial charge in [-0.25, -0.2) is 0 Å². The van der Waals surface area contributed by atoms with Crippen LogP contribution in [0.1, 0.15) is 21.5 Å². The molecule has 0 unspecified atom stereocenters. The van der Waals surface area contributed by atoms with Crippen molar-refractivity contribution in [3.63, 3.8) is 0 Å². The van der Waals surface area contributed by atoms with E-state index < -0.39 is 0 Å². The first-order valence-electron chi connectivity index (χ1n) is 5.74. The lowest BCUT2D eigenvalue weighted by Crippen LogP contribution is -2.23. The van der Waals surface area contributed by atoms with Gasteiger partial charge in [0.05, 0.1) is 5.56 Å². The van der Waals surface area contributed by atoms with Crippen LogP contribution in [-0.4, -0.2) is 16.0 Å². The highest BCUT2D eigenvalue weighted by Crippen LogP contribution is 2.21. The summed E-state index contributed by atoms with van der Waals surface area (Å²) in [6, 6.07) is 6.24. The maximum Gasteiger partial charge on any atom is 0.255 e. The fraction of sp³-hybridized carbons (Fsp3) is 0.143. The van der Waals surface area contributed by atoms with E-state index in [1.54, 1.807) is 18.5 Å². The zero-order valence-corrected chi connectivity index (χ0v) is 11.1. The largest absolute Gasteiger partial charge is 0.507 e. The Morgan fingerprint density at radius 3 is 2.89 bits per heavy atom. The maximum atomic E-state index is 11.9. The number of benzene rings is 1. The number of pyridine rings is 1. The van der Waals surface area contributed by atoms with Crippen LogP contribution in [-0.2, 0) is 6.54 Å². The highest BCUT2D eigenvalue weighted by Gasteiger charge is 2.11. The minimum Gasteiger partial charge on any atom is -0.507 e. The molecule has 0 aliphatic rings. The predicted octanol–water partition coefficient (Wildman–Crippen LogP) is 2.68. The number of nitrogens with one attached hydrogen (secondary N) is 1. The van der Waals surface area contributed by atoms with Crippen molar-refractivity contribution in [1.29, 1.82) is 0 Å². The summed E-state index contributed by atoms with van der Waals surface area (Å²) in [4.78, 5) is 15.9. The maximum absolute atomic E-state index is 11.9. The Morgan fingerprint density at radius 2 is 2.21 bits per heavy atom. The van der Waals surface area contributed by atoms with E-state index in [1.165, 1.54) is 12.1 Å². The third-order valence-electron chi connectivity index (χ3n) is 2.78. The van der Waals surface area contributed by atoms with Crippen LogP contribution in [0.4, 0.5) is 0 Å². The van der Waals surface area contributed by atoms with E-state index in [-0.39, 0.29) is 17.2 Å². The molecule has 0 fully saturated rings. The lowest BCUT2D eigenvalue weighted by molar-refractivity contribution is 0.0948. The third kappa shape index (κ3) is 3.23. The van der Waals surface area contributed by atoms with E-state index in [0.29, 0.717) is 11.6 Å². The molecule has 0 atom stereocenters. The minimum atomic E-state index is -0.342. The molecule has 0 saturated carbocycles. The Bertz CT molecular complexity index is 614. The number of nitrogens with zero attached hydrogens (tertiary/aromatic N) is 1. The lowest BCUT2D eigenvalue weighted by Gasteiger charge is -2.08. The van der Waals surface area contributed by atoms with Gasteiger partial charge in [0.25, 0.3) is 5.91 Å². The van der Waals surface area contributed by atoms with Gasteiger partial charge >= 0.3 is 0 Å². The van der Waals surface area contributed by atoms with Gasteiger partial charge in [0, 0.05) is 24.0 Å². The number of phenols is 1. The Balaban J connectivity index is 2.08. The van der Waals surface area contributed by atoms with E-state index in [0.717, 1.165) is 11.1 Å². The van der Waals surface area contributed by atoms with Crippen LogP contribution in [0.3, 0.4) is 0 Å². The van der Waals surface area contributed by atoms with Gasteiger partial charge in [-0.15, -0.1) is 0 Å². The molecule has 0 spiro atoms. The average molecular weight is 277 g/mol. The zero-order valence-electron chi connectivity index (χ0n) is 10.4. The Hall–Kier alpha value is -2.07. The second-order valence-corrected chi connectivity index (χ2v) is 4.58. The van der Waals surface area contributed by atoms with Gasteiger partial charge in [0.15, 0.2) is 0 Å². The standard InChI is InChI=1S/C14H13ClN2O2/c1-9-7-16-5-4-10(9)8-17-14(19)12-3-2-11(15)6-13(12)18/h2-7,18H,8H2,1H3,(H,17,19). The number of aryl methyl sites for hydroxylation is 1. The molecule has 1 aromatic heterocycles. The van der Waals surface area contributed by atoms with Gasteiger partial charge in [-0.1, -0.05) is 11.6 Å². The monoisotopic (exact) mass is 276 g/mol. The number of rotatable bonds is 3. The van der Waals surface area contributed by atoms with Crippen molar-refractivity contribution in [3.8, 4) is 5.75 Å². The van der Waals surface area contributed by atoms with Crippen molar-refractivity contribution in [1.82, 2.24) is 10.3 Å². The minimum absolute atomic E-state index is 0.128. The highest BCUT2D eigenvalue weighted by atomic mass is 35.5. The molecule has 2 rings (SSSR count). The van der Waals surface area contributed by atoms with Gasteiger partial charge in [-0.2, -0.15) is 0 Å². The number of hydrogen-bond acceptors (Lipinski definition) is 3. The summed E-state index contributed by atoms with van der Waals surface area (Å²) in [6.45, 7) is 2.31. The smallest absolute Gasteiger partial charge is 0.255 e. The summed E-state index contributed by atoms with van der Waals surface area (Å²) >= 11 is 5.72. The number of amides is 1. The second-order valence-electron chi connectivity index (χ2n) is 4.15. The molecule has 1 aromatic carbocycles. The van der Waals surface area contributed by atoms with Crippen molar-refractivity contribution in [2.75, 3.05) is 0 Å². The third-order valence-corrected chi connectivity index (χ3v) is 3.02. The molecular weight excluding hydrogens is 264 g/mol. The van der Waals surface area contributed by atoms with Crippen LogP contribution in [0.2, 0.25) is 5.02 Å². The van der Waals surface area contributed by atoms with Crippen LogP contribution in [0, 0.1) is 6.92 Å². The van der Waals surface area contributed by atoms with Crippen molar-refractivity contribution in [2.45, 2.75) is 13.5 Å². The van der Waals surface area contributed by atoms with Crippen LogP contribution < -0.4 is 5.32 Å². The molecule has 0 bridgehead atoms. The van der Waals surface area contributed by atoms with Gasteiger partial charge in [-0.3, -0.25) is 9.78 Å². The molecule has 0 aliphatic carbocycles. The van der Waals surface area contributed by atoms with E-state index in [1.807, 2.05) is 13.0 Å². The summed E-state index contributed by atoms with van der Waals surface area (Å²) in [7, 11) is 0. The molecule has 1 heterocycles. The van der Waals surface area contributed by atoms with Crippen LogP contribution in [0.15, 0.2) is 36.7 Å². The Morgan fingerprint density at radius 1 is 1.42 bits per heavy atom. The number of aromatic hydroxyl groups is 1. The number of aromatic nitrogens is 1. The van der Waals surface area contributed by atoms with Crippen molar-refractivity contribution in [2.24, 2.45) is 0 Å². The molecule has 19 heavy (non-hydrogen) atoms. The number of carbonyl (C=O) groups excluding carboxylic acids is 1. The fourth-order valence-corrected chi connectivity index (χ4v) is 1.83. The number of carbonyl (C=O) groups is 1. The lowest BCUT2D eigenvalue weighted by atomic mass is 10.1. The Kier molecular flexibility index (Phi) is 4.02. The molecule has 98 valence electrons. The first-order valence-corrected chi connectivity index (χ1v) is 6.12. The van der Waals surface area contributed by atoms with Crippen molar-refractivity contribution < 1.29 is 9.90 Å². The molecule has 0 radical (unpaired) electrons. The molecule has 1 amide bonds. The molecule has 0 aliphatic heterocycles. The van der Waals surface area contributed by atoms with E-state index in [2.05, 4.69) is 10.3 Å². The molecule has 5 heteroatoms. The first kappa shape index (κ1) is 13.4. The van der Waals surface area contributed by atoms with Crippen molar-refractivity contribution >= 4 is 17.5 Å². The summed E-state index contributed by atoms with van der Waals surface area (Å²) < 4.78 is 0. The van der Waals surface area contributed by atoms with E-state index >= 15 is 0 Å². The van der Waals surface area contributed by atoms with Crippen molar-refractivity contribution in [3.05, 3.63) is 58.4 Å². The fourth-order valence-electron chi connectivity index (χ4n) is 1.67. The summed E-state index contributed by atoms with van der Waals surface area (Å²) in [5.74, 6) is -0.471. The number of phenolic OH excluding ortho intramolecular Hbond substituents is 1. The predicted molar refractivity (Wildman–Crippen MR) is 73.3 cm³/mol. The molecule has 4 nitrogen and oxygen atoms in total. The van der Waals surface area contributed by atoms with Crippen LogP contribution in [0.25, 0.3) is 0 Å². The number of hydrogen-bond donors (Lipinski definition) is 2. The SMILES string of the molecule is Cc1cnccc1CNC(=O)c1ccc(Cl)cc1O. The van der Waals surface area contributed by atoms with Gasteiger partial charge in [-0.05, 0) is 42.3 Å². The molecule has 2 N–H and O–H groups in total. The molecule has 0 saturated heterocycles. The van der Waals surface area contributed by atoms with Gasteiger partial charge in [0.1, 0.15) is 5.75 Å². The van der Waals surface area contributed by atoms with E-state index in [9.17, 15) is 9.90 Å². The highest BCUT2D eigenvalue weighted by molar-refractivity contribution is 6.30. The topological polar surface area (TPSA) is 62.2 Å². The summed E-state index contributed by atoms with van der Waals surface area (Å²) in [5.41, 5.74) is 2.19. The molecular formula is C14H13ClN2O2. The molecule has 2 aromatic rings. The Labute approximate surface area is 116 Å².